The highest BCUT2D eigenvalue weighted by Crippen LogP contribution is 2.12. The van der Waals surface area contributed by atoms with Crippen molar-refractivity contribution < 1.29 is 19.1 Å². The Kier molecular flexibility index (Phi) is 7.08. The summed E-state index contributed by atoms with van der Waals surface area (Å²) >= 11 is 0. The highest BCUT2D eigenvalue weighted by molar-refractivity contribution is 5.69. The second kappa shape index (κ2) is 9.30. The molecule has 0 amide bonds. The van der Waals surface area contributed by atoms with Crippen LogP contribution in [0.4, 0.5) is 0 Å². The summed E-state index contributed by atoms with van der Waals surface area (Å²) in [6, 6.07) is 7.79. The first-order chi connectivity index (χ1) is 11.6. The van der Waals surface area contributed by atoms with Crippen LogP contribution in [0.1, 0.15) is 31.2 Å². The third-order valence-electron chi connectivity index (χ3n) is 3.76. The Morgan fingerprint density at radius 3 is 2.83 bits per heavy atom. The molecule has 1 N–H and O–H groups in total. The van der Waals surface area contributed by atoms with Crippen LogP contribution in [0.25, 0.3) is 0 Å². The van der Waals surface area contributed by atoms with Gasteiger partial charge in [0.05, 0.1) is 12.8 Å². The minimum Gasteiger partial charge on any atom is -0.468 e. The van der Waals surface area contributed by atoms with Crippen LogP contribution in [-0.2, 0) is 29.7 Å². The molecule has 2 heterocycles. The third-order valence-corrected chi connectivity index (χ3v) is 3.76. The molecule has 0 aromatic carbocycles. The predicted molar refractivity (Wildman–Crippen MR) is 90.1 cm³/mol. The second-order valence-corrected chi connectivity index (χ2v) is 5.95. The molecule has 0 bridgehead atoms. The number of ether oxygens (including phenoxy) is 1. The van der Waals surface area contributed by atoms with Crippen LogP contribution in [0.15, 0.2) is 41.1 Å². The van der Waals surface area contributed by atoms with Gasteiger partial charge in [0.15, 0.2) is 0 Å². The molecule has 0 radical (unpaired) electrons. The van der Waals surface area contributed by atoms with Crippen LogP contribution in [0.3, 0.4) is 0 Å². The molecule has 1 atom stereocenters. The number of aliphatic hydroxyl groups is 1. The fourth-order valence-corrected chi connectivity index (χ4v) is 2.51. The summed E-state index contributed by atoms with van der Waals surface area (Å²) in [5.74, 6) is 0.566. The minimum atomic E-state index is -0.735. The van der Waals surface area contributed by atoms with E-state index in [0.29, 0.717) is 26.1 Å². The van der Waals surface area contributed by atoms with Crippen molar-refractivity contribution >= 4 is 5.97 Å². The van der Waals surface area contributed by atoms with Crippen LogP contribution in [0.2, 0.25) is 0 Å². The number of nitrogens with zero attached hydrogens (tertiary/aromatic N) is 2. The molecule has 0 spiro atoms. The van der Waals surface area contributed by atoms with E-state index < -0.39 is 6.10 Å². The average Bonchev–Trinajstić information content (AvgIpc) is 3.18. The standard InChI is InChI=1S/C18H26N2O4/c1-3-6-18(22)24-14-16(21)12-20(13-17-8-5-10-23-17)11-15-7-4-9-19(15)2/h4-5,7-10,16,21H,3,6,11-14H2,1-2H3. The smallest absolute Gasteiger partial charge is 0.305 e. The van der Waals surface area contributed by atoms with Crippen LogP contribution < -0.4 is 0 Å². The van der Waals surface area contributed by atoms with Crippen LogP contribution in [-0.4, -0.2) is 39.8 Å². The Bertz CT molecular complexity index is 606. The molecule has 0 aliphatic rings. The van der Waals surface area contributed by atoms with Crippen LogP contribution in [0.5, 0.6) is 0 Å². The number of hydrogen-bond donors (Lipinski definition) is 1. The predicted octanol–water partition coefficient (Wildman–Crippen LogP) is 2.32. The molecule has 6 nitrogen and oxygen atoms in total. The molecule has 0 saturated carbocycles. The van der Waals surface area contributed by atoms with Gasteiger partial charge in [-0.25, -0.2) is 0 Å². The molecule has 24 heavy (non-hydrogen) atoms. The summed E-state index contributed by atoms with van der Waals surface area (Å²) in [6.07, 6.45) is 4.02. The molecule has 0 saturated heterocycles. The van der Waals surface area contributed by atoms with E-state index in [1.807, 2.05) is 49.0 Å². The Morgan fingerprint density at radius 1 is 1.38 bits per heavy atom. The second-order valence-electron chi connectivity index (χ2n) is 5.95. The number of hydrogen-bond acceptors (Lipinski definition) is 5. The normalized spacial score (nSPS) is 12.5. The molecule has 2 aromatic rings. The van der Waals surface area contributed by atoms with Crippen molar-refractivity contribution in [1.82, 2.24) is 9.47 Å². The van der Waals surface area contributed by atoms with E-state index in [1.54, 1.807) is 6.26 Å². The summed E-state index contributed by atoms with van der Waals surface area (Å²) in [7, 11) is 1.99. The number of aryl methyl sites for hydroxylation is 1. The molecule has 1 unspecified atom stereocenters. The van der Waals surface area contributed by atoms with Crippen molar-refractivity contribution in [3.8, 4) is 0 Å². The van der Waals surface area contributed by atoms with Gasteiger partial charge in [-0.1, -0.05) is 6.92 Å². The largest absolute Gasteiger partial charge is 0.468 e. The fourth-order valence-electron chi connectivity index (χ4n) is 2.51. The number of aliphatic hydroxyl groups excluding tert-OH is 1. The highest BCUT2D eigenvalue weighted by Gasteiger charge is 2.16. The first kappa shape index (κ1) is 18.3. The molecule has 0 aliphatic carbocycles. The van der Waals surface area contributed by atoms with Crippen molar-refractivity contribution in [2.75, 3.05) is 13.2 Å². The fraction of sp³-hybridized carbons (Fsp3) is 0.500. The van der Waals surface area contributed by atoms with E-state index in [9.17, 15) is 9.90 Å². The first-order valence-electron chi connectivity index (χ1n) is 8.27. The summed E-state index contributed by atoms with van der Waals surface area (Å²) in [6.45, 7) is 3.58. The Labute approximate surface area is 142 Å². The van der Waals surface area contributed by atoms with E-state index >= 15 is 0 Å². The Hall–Kier alpha value is -2.05. The Morgan fingerprint density at radius 2 is 2.21 bits per heavy atom. The number of esters is 1. The van der Waals surface area contributed by atoms with Crippen molar-refractivity contribution in [3.05, 3.63) is 48.2 Å². The van der Waals surface area contributed by atoms with E-state index in [1.165, 1.54) is 0 Å². The molecule has 0 aliphatic heterocycles. The van der Waals surface area contributed by atoms with Gasteiger partial charge in [0.25, 0.3) is 0 Å². The maximum absolute atomic E-state index is 11.4. The van der Waals surface area contributed by atoms with Crippen LogP contribution >= 0.6 is 0 Å². The van der Waals surface area contributed by atoms with Gasteiger partial charge >= 0.3 is 5.97 Å². The van der Waals surface area contributed by atoms with Crippen molar-refractivity contribution in [3.63, 3.8) is 0 Å². The lowest BCUT2D eigenvalue weighted by Gasteiger charge is -2.24. The van der Waals surface area contributed by atoms with Crippen molar-refractivity contribution in [2.24, 2.45) is 7.05 Å². The third kappa shape index (κ3) is 5.86. The van der Waals surface area contributed by atoms with Gasteiger partial charge in [-0.05, 0) is 30.7 Å². The van der Waals surface area contributed by atoms with Gasteiger partial charge < -0.3 is 18.8 Å². The average molecular weight is 334 g/mol. The molecule has 2 rings (SSSR count). The molecule has 6 heteroatoms. The van der Waals surface area contributed by atoms with E-state index in [4.69, 9.17) is 9.15 Å². The number of carbonyl (C=O) groups excluding carboxylic acids is 1. The molecule has 132 valence electrons. The number of carbonyl (C=O) groups is 1. The number of furan rings is 1. The van der Waals surface area contributed by atoms with Crippen LogP contribution in [0, 0.1) is 0 Å². The van der Waals surface area contributed by atoms with E-state index in [0.717, 1.165) is 17.9 Å². The van der Waals surface area contributed by atoms with Gasteiger partial charge in [0.2, 0.25) is 0 Å². The molecule has 2 aromatic heterocycles. The number of aromatic nitrogens is 1. The first-order valence-corrected chi connectivity index (χ1v) is 8.27. The minimum absolute atomic E-state index is 0.0145. The zero-order chi connectivity index (χ0) is 17.4. The van der Waals surface area contributed by atoms with Gasteiger partial charge in [0, 0.05) is 38.4 Å². The van der Waals surface area contributed by atoms with Crippen molar-refractivity contribution in [2.45, 2.75) is 39.0 Å². The molecule has 0 fully saturated rings. The quantitative estimate of drug-likeness (QED) is 0.676. The monoisotopic (exact) mass is 334 g/mol. The zero-order valence-corrected chi connectivity index (χ0v) is 14.4. The lowest BCUT2D eigenvalue weighted by atomic mass is 10.2. The zero-order valence-electron chi connectivity index (χ0n) is 14.4. The highest BCUT2D eigenvalue weighted by atomic mass is 16.5. The van der Waals surface area contributed by atoms with E-state index in [2.05, 4.69) is 4.90 Å². The lowest BCUT2D eigenvalue weighted by Crippen LogP contribution is -2.35. The topological polar surface area (TPSA) is 67.8 Å². The lowest BCUT2D eigenvalue weighted by molar-refractivity contribution is -0.147. The summed E-state index contributed by atoms with van der Waals surface area (Å²) in [5, 5.41) is 10.2. The van der Waals surface area contributed by atoms with E-state index in [-0.39, 0.29) is 12.6 Å². The maximum Gasteiger partial charge on any atom is 0.305 e. The van der Waals surface area contributed by atoms with Crippen molar-refractivity contribution in [1.29, 1.82) is 0 Å². The molecular weight excluding hydrogens is 308 g/mol. The SMILES string of the molecule is CCCC(=O)OCC(O)CN(Cc1ccco1)Cc1cccn1C. The Balaban J connectivity index is 1.92. The van der Waals surface area contributed by atoms with Gasteiger partial charge in [-0.2, -0.15) is 0 Å². The maximum atomic E-state index is 11.4. The van der Waals surface area contributed by atoms with Gasteiger partial charge in [-0.3, -0.25) is 9.69 Å². The van der Waals surface area contributed by atoms with Gasteiger partial charge in [0.1, 0.15) is 18.5 Å². The molecular formula is C18H26N2O4. The van der Waals surface area contributed by atoms with Gasteiger partial charge in [-0.15, -0.1) is 0 Å². The number of rotatable bonds is 10. The summed E-state index contributed by atoms with van der Waals surface area (Å²) in [4.78, 5) is 13.5. The summed E-state index contributed by atoms with van der Waals surface area (Å²) < 4.78 is 12.5. The summed E-state index contributed by atoms with van der Waals surface area (Å²) in [5.41, 5.74) is 1.14.